The lowest BCUT2D eigenvalue weighted by Gasteiger charge is -2.16. The van der Waals surface area contributed by atoms with E-state index in [1.165, 1.54) is 0 Å². The number of rotatable bonds is 4. The average Bonchev–Trinajstić information content (AvgIpc) is 2.32. The highest BCUT2D eigenvalue weighted by molar-refractivity contribution is 7.92. The lowest BCUT2D eigenvalue weighted by atomic mass is 10.1. The third-order valence-corrected chi connectivity index (χ3v) is 4.20. The Morgan fingerprint density at radius 1 is 1.57 bits per heavy atom. The van der Waals surface area contributed by atoms with Gasteiger partial charge in [0.05, 0.1) is 4.99 Å². The summed E-state index contributed by atoms with van der Waals surface area (Å²) in [5, 5.41) is 0. The second-order valence-corrected chi connectivity index (χ2v) is 6.14. The average molecular weight is 236 g/mol. The van der Waals surface area contributed by atoms with Gasteiger partial charge in [-0.3, -0.25) is 0 Å². The maximum Gasteiger partial charge on any atom is 0.218 e. The molecule has 4 nitrogen and oxygen atoms in total. The second kappa shape index (κ2) is 4.55. The molecule has 82 valence electrons. The van der Waals surface area contributed by atoms with Crippen molar-refractivity contribution in [2.75, 3.05) is 5.75 Å². The van der Waals surface area contributed by atoms with Gasteiger partial charge < -0.3 is 5.73 Å². The summed E-state index contributed by atoms with van der Waals surface area (Å²) in [5.41, 5.74) is 5.20. The van der Waals surface area contributed by atoms with Crippen LogP contribution in [-0.2, 0) is 10.0 Å². The van der Waals surface area contributed by atoms with E-state index in [1.807, 2.05) is 0 Å². The van der Waals surface area contributed by atoms with Gasteiger partial charge in [0.2, 0.25) is 10.0 Å². The van der Waals surface area contributed by atoms with Crippen LogP contribution < -0.4 is 10.5 Å². The van der Waals surface area contributed by atoms with Crippen molar-refractivity contribution in [3.8, 4) is 0 Å². The van der Waals surface area contributed by atoms with Crippen molar-refractivity contribution in [1.82, 2.24) is 4.72 Å². The van der Waals surface area contributed by atoms with Crippen molar-refractivity contribution in [2.45, 2.75) is 32.2 Å². The van der Waals surface area contributed by atoms with Crippen LogP contribution in [0.2, 0.25) is 0 Å². The molecule has 1 rings (SSSR count). The molecule has 14 heavy (non-hydrogen) atoms. The van der Waals surface area contributed by atoms with Gasteiger partial charge in [0.1, 0.15) is 5.75 Å². The molecule has 0 spiro atoms. The summed E-state index contributed by atoms with van der Waals surface area (Å²) in [6, 6.07) is 0.0642. The lowest BCUT2D eigenvalue weighted by Crippen LogP contribution is -2.40. The van der Waals surface area contributed by atoms with Crippen LogP contribution >= 0.6 is 12.2 Å². The first kappa shape index (κ1) is 11.9. The summed E-state index contributed by atoms with van der Waals surface area (Å²) in [7, 11) is -3.31. The van der Waals surface area contributed by atoms with E-state index in [9.17, 15) is 8.42 Å². The summed E-state index contributed by atoms with van der Waals surface area (Å²) in [5.74, 6) is 0.169. The molecule has 0 aromatic heterocycles. The largest absolute Gasteiger partial charge is 0.392 e. The molecule has 2 unspecified atom stereocenters. The SMILES string of the molecule is CC1CCCC1NS(=O)(=O)CC(N)=S. The van der Waals surface area contributed by atoms with Crippen molar-refractivity contribution in [1.29, 1.82) is 0 Å². The number of hydrogen-bond donors (Lipinski definition) is 2. The van der Waals surface area contributed by atoms with Gasteiger partial charge in [-0.25, -0.2) is 13.1 Å². The number of thiocarbonyl (C=S) groups is 1. The van der Waals surface area contributed by atoms with Gasteiger partial charge in [0.15, 0.2) is 0 Å². The Labute approximate surface area is 90.3 Å². The quantitative estimate of drug-likeness (QED) is 0.692. The summed E-state index contributed by atoms with van der Waals surface area (Å²) in [6.45, 7) is 2.06. The van der Waals surface area contributed by atoms with Crippen LogP contribution in [0.25, 0.3) is 0 Å². The van der Waals surface area contributed by atoms with Crippen LogP contribution in [0.4, 0.5) is 0 Å². The molecule has 1 saturated carbocycles. The Bertz CT molecular complexity index is 313. The molecule has 0 heterocycles. The molecule has 6 heteroatoms. The van der Waals surface area contributed by atoms with Crippen LogP contribution in [0.15, 0.2) is 0 Å². The minimum Gasteiger partial charge on any atom is -0.392 e. The molecular weight excluding hydrogens is 220 g/mol. The molecule has 2 atom stereocenters. The molecule has 1 aliphatic carbocycles. The maximum absolute atomic E-state index is 11.5. The highest BCUT2D eigenvalue weighted by Crippen LogP contribution is 2.25. The van der Waals surface area contributed by atoms with Crippen LogP contribution in [0.1, 0.15) is 26.2 Å². The Morgan fingerprint density at radius 3 is 2.64 bits per heavy atom. The van der Waals surface area contributed by atoms with E-state index in [4.69, 9.17) is 5.73 Å². The zero-order valence-electron chi connectivity index (χ0n) is 8.19. The van der Waals surface area contributed by atoms with E-state index < -0.39 is 10.0 Å². The third kappa shape index (κ3) is 3.51. The Hall–Kier alpha value is -0.200. The van der Waals surface area contributed by atoms with E-state index in [0.717, 1.165) is 19.3 Å². The van der Waals surface area contributed by atoms with E-state index in [-0.39, 0.29) is 16.8 Å². The van der Waals surface area contributed by atoms with E-state index in [1.54, 1.807) is 0 Å². The second-order valence-electron chi connectivity index (χ2n) is 3.86. The molecule has 1 aliphatic rings. The van der Waals surface area contributed by atoms with Crippen molar-refractivity contribution < 1.29 is 8.42 Å². The molecular formula is C8H16N2O2S2. The van der Waals surface area contributed by atoms with Gasteiger partial charge in [-0.2, -0.15) is 0 Å². The van der Waals surface area contributed by atoms with Gasteiger partial charge >= 0.3 is 0 Å². The Kier molecular flexibility index (Phi) is 3.86. The van der Waals surface area contributed by atoms with Crippen LogP contribution in [0.5, 0.6) is 0 Å². The number of nitrogens with one attached hydrogen (secondary N) is 1. The van der Waals surface area contributed by atoms with Crippen LogP contribution in [-0.4, -0.2) is 25.2 Å². The highest BCUT2D eigenvalue weighted by Gasteiger charge is 2.27. The monoisotopic (exact) mass is 236 g/mol. The van der Waals surface area contributed by atoms with Crippen molar-refractivity contribution in [2.24, 2.45) is 11.7 Å². The van der Waals surface area contributed by atoms with E-state index in [2.05, 4.69) is 23.9 Å². The molecule has 0 amide bonds. The smallest absolute Gasteiger partial charge is 0.218 e. The predicted molar refractivity (Wildman–Crippen MR) is 60.5 cm³/mol. The molecule has 3 N–H and O–H groups in total. The Balaban J connectivity index is 2.54. The maximum atomic E-state index is 11.5. The zero-order chi connectivity index (χ0) is 10.8. The third-order valence-electron chi connectivity index (χ3n) is 2.52. The van der Waals surface area contributed by atoms with Crippen molar-refractivity contribution >= 4 is 27.2 Å². The standard InChI is InChI=1S/C8H16N2O2S2/c1-6-3-2-4-7(6)10-14(11,12)5-8(9)13/h6-7,10H,2-5H2,1H3,(H2,9,13). The molecule has 0 aliphatic heterocycles. The van der Waals surface area contributed by atoms with Gasteiger partial charge in [0.25, 0.3) is 0 Å². The molecule has 0 aromatic rings. The number of hydrogen-bond acceptors (Lipinski definition) is 3. The van der Waals surface area contributed by atoms with Crippen LogP contribution in [0, 0.1) is 5.92 Å². The molecule has 0 bridgehead atoms. The number of nitrogens with two attached hydrogens (primary N) is 1. The van der Waals surface area contributed by atoms with Gasteiger partial charge in [-0.1, -0.05) is 25.6 Å². The molecule has 0 saturated heterocycles. The number of sulfonamides is 1. The first-order chi connectivity index (χ1) is 6.41. The van der Waals surface area contributed by atoms with Gasteiger partial charge in [-0.15, -0.1) is 0 Å². The predicted octanol–water partition coefficient (Wildman–Crippen LogP) is 0.381. The fourth-order valence-corrected chi connectivity index (χ4v) is 3.51. The molecule has 0 radical (unpaired) electrons. The van der Waals surface area contributed by atoms with Gasteiger partial charge in [-0.05, 0) is 18.8 Å². The fraction of sp³-hybridized carbons (Fsp3) is 0.875. The van der Waals surface area contributed by atoms with E-state index in [0.29, 0.717) is 5.92 Å². The minimum atomic E-state index is -3.31. The molecule has 1 fully saturated rings. The topological polar surface area (TPSA) is 72.2 Å². The van der Waals surface area contributed by atoms with Crippen molar-refractivity contribution in [3.63, 3.8) is 0 Å². The molecule has 0 aromatic carbocycles. The lowest BCUT2D eigenvalue weighted by molar-refractivity contribution is 0.478. The summed E-state index contributed by atoms with van der Waals surface area (Å²) in [6.07, 6.45) is 3.08. The first-order valence-corrected chi connectivity index (χ1v) is 6.75. The first-order valence-electron chi connectivity index (χ1n) is 4.69. The highest BCUT2D eigenvalue weighted by atomic mass is 32.2. The zero-order valence-corrected chi connectivity index (χ0v) is 9.83. The minimum absolute atomic E-state index is 0.0168. The summed E-state index contributed by atoms with van der Waals surface area (Å²) >= 11 is 4.57. The Morgan fingerprint density at radius 2 is 2.21 bits per heavy atom. The summed E-state index contributed by atoms with van der Waals surface area (Å²) in [4.78, 5) is 0.0168. The van der Waals surface area contributed by atoms with E-state index >= 15 is 0 Å². The normalized spacial score (nSPS) is 27.8. The van der Waals surface area contributed by atoms with Crippen molar-refractivity contribution in [3.05, 3.63) is 0 Å². The summed E-state index contributed by atoms with van der Waals surface area (Å²) < 4.78 is 25.6. The fourth-order valence-electron chi connectivity index (χ4n) is 1.78. The van der Waals surface area contributed by atoms with Gasteiger partial charge in [0, 0.05) is 6.04 Å². The van der Waals surface area contributed by atoms with Crippen LogP contribution in [0.3, 0.4) is 0 Å².